The largest absolute Gasteiger partial charge is 0.383 e. The van der Waals surface area contributed by atoms with Gasteiger partial charge in [0.05, 0.1) is 16.8 Å². The molecular formula is C26H23N5. The van der Waals surface area contributed by atoms with Gasteiger partial charge in [-0.1, -0.05) is 17.7 Å². The molecule has 31 heavy (non-hydrogen) atoms. The summed E-state index contributed by atoms with van der Waals surface area (Å²) in [6.07, 6.45) is 2.09. The lowest BCUT2D eigenvalue weighted by atomic mass is 9.95. The second-order valence-corrected chi connectivity index (χ2v) is 8.00. The molecule has 0 saturated heterocycles. The molecule has 3 aromatic rings. The van der Waals surface area contributed by atoms with Crippen LogP contribution in [0.5, 0.6) is 0 Å². The van der Waals surface area contributed by atoms with Crippen molar-refractivity contribution in [1.29, 1.82) is 10.5 Å². The number of benzene rings is 1. The second kappa shape index (κ2) is 7.31. The van der Waals surface area contributed by atoms with Gasteiger partial charge in [0.25, 0.3) is 0 Å². The van der Waals surface area contributed by atoms with Crippen molar-refractivity contribution in [3.05, 3.63) is 80.8 Å². The summed E-state index contributed by atoms with van der Waals surface area (Å²) in [4.78, 5) is 4.41. The van der Waals surface area contributed by atoms with Crippen LogP contribution >= 0.6 is 0 Å². The Morgan fingerprint density at radius 3 is 2.29 bits per heavy atom. The van der Waals surface area contributed by atoms with Crippen molar-refractivity contribution in [3.8, 4) is 17.8 Å². The standard InChI is InChI=1S/C26H23N5/c1-14-6-8-20(9-7-14)31-15(2)10-19(18(31)5)11-21-16(3)22(12-27)25-24(21)17(4)23(13-28)26(29)30-25/h6-11H,1-5H3,(H2,29,30)/b21-11+. The van der Waals surface area contributed by atoms with Crippen LogP contribution in [0, 0.1) is 50.4 Å². The van der Waals surface area contributed by atoms with E-state index in [-0.39, 0.29) is 5.82 Å². The van der Waals surface area contributed by atoms with Gasteiger partial charge in [-0.25, -0.2) is 4.98 Å². The average Bonchev–Trinajstić information content (AvgIpc) is 3.16. The number of hydrogen-bond acceptors (Lipinski definition) is 4. The Morgan fingerprint density at radius 2 is 1.68 bits per heavy atom. The number of fused-ring (bicyclic) bond motifs is 1. The van der Waals surface area contributed by atoms with Gasteiger partial charge in [0.1, 0.15) is 18.0 Å². The fraction of sp³-hybridized carbons (Fsp3) is 0.192. The summed E-state index contributed by atoms with van der Waals surface area (Å²) in [6.45, 7) is 10.0. The molecule has 0 bridgehead atoms. The fourth-order valence-electron chi connectivity index (χ4n) is 4.38. The highest BCUT2D eigenvalue weighted by molar-refractivity contribution is 6.08. The van der Waals surface area contributed by atoms with Crippen LogP contribution in [0.3, 0.4) is 0 Å². The maximum atomic E-state index is 9.76. The van der Waals surface area contributed by atoms with Crippen molar-refractivity contribution in [3.63, 3.8) is 0 Å². The van der Waals surface area contributed by atoms with E-state index in [1.807, 2.05) is 13.8 Å². The van der Waals surface area contributed by atoms with E-state index in [0.717, 1.165) is 44.9 Å². The van der Waals surface area contributed by atoms with Gasteiger partial charge >= 0.3 is 0 Å². The summed E-state index contributed by atoms with van der Waals surface area (Å²) in [5.41, 5.74) is 16.4. The van der Waals surface area contributed by atoms with E-state index in [4.69, 9.17) is 5.73 Å². The van der Waals surface area contributed by atoms with E-state index >= 15 is 0 Å². The molecule has 0 aliphatic heterocycles. The van der Waals surface area contributed by atoms with E-state index < -0.39 is 0 Å². The molecule has 0 unspecified atom stereocenters. The maximum Gasteiger partial charge on any atom is 0.142 e. The number of aromatic nitrogens is 2. The summed E-state index contributed by atoms with van der Waals surface area (Å²) >= 11 is 0. The van der Waals surface area contributed by atoms with Crippen molar-refractivity contribution in [2.75, 3.05) is 5.73 Å². The molecule has 0 amide bonds. The highest BCUT2D eigenvalue weighted by Crippen LogP contribution is 2.44. The predicted molar refractivity (Wildman–Crippen MR) is 124 cm³/mol. The Bertz CT molecular complexity index is 1380. The normalized spacial score (nSPS) is 14.0. The van der Waals surface area contributed by atoms with E-state index in [9.17, 15) is 10.5 Å². The number of nitrogens with zero attached hydrogens (tertiary/aromatic N) is 4. The van der Waals surface area contributed by atoms with Crippen molar-refractivity contribution >= 4 is 23.0 Å². The van der Waals surface area contributed by atoms with Crippen molar-refractivity contribution in [1.82, 2.24) is 9.55 Å². The molecule has 1 aliphatic carbocycles. The first kappa shape index (κ1) is 20.2. The molecule has 0 atom stereocenters. The Kier molecular flexibility index (Phi) is 4.76. The van der Waals surface area contributed by atoms with Crippen molar-refractivity contribution in [2.24, 2.45) is 0 Å². The fourth-order valence-corrected chi connectivity index (χ4v) is 4.38. The van der Waals surface area contributed by atoms with Gasteiger partial charge in [-0.3, -0.25) is 0 Å². The van der Waals surface area contributed by atoms with Gasteiger partial charge in [-0.2, -0.15) is 10.5 Å². The Morgan fingerprint density at radius 1 is 1.00 bits per heavy atom. The lowest BCUT2D eigenvalue weighted by Gasteiger charge is -2.12. The van der Waals surface area contributed by atoms with Gasteiger partial charge in [0.15, 0.2) is 0 Å². The number of allylic oxidation sites excluding steroid dienone is 3. The molecular weight excluding hydrogens is 382 g/mol. The van der Waals surface area contributed by atoms with E-state index in [0.29, 0.717) is 16.8 Å². The SMILES string of the molecule is CC1=C(C#N)c2nc(N)c(C#N)c(C)c2/C1=C/c1cc(C)n(-c2ccc(C)cc2)c1C. The Hall–Kier alpha value is -4.09. The minimum Gasteiger partial charge on any atom is -0.383 e. The lowest BCUT2D eigenvalue weighted by molar-refractivity contribution is 0.963. The van der Waals surface area contributed by atoms with E-state index in [1.54, 1.807) is 0 Å². The number of nitrogen functional groups attached to an aromatic ring is 1. The number of rotatable bonds is 2. The summed E-state index contributed by atoms with van der Waals surface area (Å²) in [5.74, 6) is 0.165. The minimum absolute atomic E-state index is 0.165. The van der Waals surface area contributed by atoms with Crippen molar-refractivity contribution < 1.29 is 0 Å². The molecule has 2 N–H and O–H groups in total. The minimum atomic E-state index is 0.165. The smallest absolute Gasteiger partial charge is 0.142 e. The van der Waals surface area contributed by atoms with E-state index in [1.165, 1.54) is 5.56 Å². The first-order chi connectivity index (χ1) is 14.8. The van der Waals surface area contributed by atoms with Crippen LogP contribution in [-0.2, 0) is 0 Å². The first-order valence-electron chi connectivity index (χ1n) is 10.1. The summed E-state index contributed by atoms with van der Waals surface area (Å²) in [5, 5.41) is 19.3. The van der Waals surface area contributed by atoms with E-state index in [2.05, 4.69) is 78.9 Å². The molecule has 2 aromatic heterocycles. The maximum absolute atomic E-state index is 9.76. The molecule has 1 aliphatic rings. The predicted octanol–water partition coefficient (Wildman–Crippen LogP) is 5.41. The number of nitrogens with two attached hydrogens (primary N) is 1. The lowest BCUT2D eigenvalue weighted by Crippen LogP contribution is -2.03. The Labute approximate surface area is 182 Å². The quantitative estimate of drug-likeness (QED) is 0.617. The third-order valence-electron chi connectivity index (χ3n) is 6.05. The van der Waals surface area contributed by atoms with Gasteiger partial charge in [-0.05, 0) is 81.2 Å². The molecule has 0 saturated carbocycles. The van der Waals surface area contributed by atoms with Crippen molar-refractivity contribution in [2.45, 2.75) is 34.6 Å². The number of hydrogen-bond donors (Lipinski definition) is 1. The van der Waals surface area contributed by atoms with Crippen LogP contribution in [0.2, 0.25) is 0 Å². The summed E-state index contributed by atoms with van der Waals surface area (Å²) in [6, 6.07) is 15.0. The number of pyridine rings is 1. The van der Waals surface area contributed by atoms with Crippen LogP contribution in [0.25, 0.3) is 22.9 Å². The van der Waals surface area contributed by atoms with Gasteiger partial charge in [0, 0.05) is 22.6 Å². The van der Waals surface area contributed by atoms with Crippen LogP contribution in [0.15, 0.2) is 35.9 Å². The zero-order valence-electron chi connectivity index (χ0n) is 18.3. The van der Waals surface area contributed by atoms with Crippen LogP contribution in [0.1, 0.15) is 51.8 Å². The Balaban J connectivity index is 1.95. The zero-order valence-corrected chi connectivity index (χ0v) is 18.3. The second-order valence-electron chi connectivity index (χ2n) is 8.00. The topological polar surface area (TPSA) is 91.4 Å². The summed E-state index contributed by atoms with van der Waals surface area (Å²) < 4.78 is 2.22. The van der Waals surface area contributed by atoms with Crippen LogP contribution in [0.4, 0.5) is 5.82 Å². The molecule has 152 valence electrons. The third kappa shape index (κ3) is 3.03. The molecule has 2 heterocycles. The van der Waals surface area contributed by atoms with Gasteiger partial charge in [-0.15, -0.1) is 0 Å². The average molecular weight is 406 g/mol. The molecule has 0 fully saturated rings. The molecule has 1 aromatic carbocycles. The molecule has 5 nitrogen and oxygen atoms in total. The monoisotopic (exact) mass is 405 g/mol. The molecule has 5 heteroatoms. The highest BCUT2D eigenvalue weighted by Gasteiger charge is 2.30. The van der Waals surface area contributed by atoms with Gasteiger partial charge in [0.2, 0.25) is 0 Å². The molecule has 0 spiro atoms. The molecule has 0 radical (unpaired) electrons. The van der Waals surface area contributed by atoms with Gasteiger partial charge < -0.3 is 10.3 Å². The number of nitriles is 2. The number of aryl methyl sites for hydroxylation is 2. The van der Waals surface area contributed by atoms with Crippen LogP contribution < -0.4 is 5.73 Å². The summed E-state index contributed by atoms with van der Waals surface area (Å²) in [7, 11) is 0. The molecule has 4 rings (SSSR count). The third-order valence-corrected chi connectivity index (χ3v) is 6.05. The van der Waals surface area contributed by atoms with Crippen LogP contribution in [-0.4, -0.2) is 9.55 Å². The zero-order chi connectivity index (χ0) is 22.4. The first-order valence-corrected chi connectivity index (χ1v) is 10.1. The highest BCUT2D eigenvalue weighted by atomic mass is 15.0. The number of anilines is 1.